The lowest BCUT2D eigenvalue weighted by atomic mass is 10.2. The summed E-state index contributed by atoms with van der Waals surface area (Å²) in [6.07, 6.45) is 1.49. The van der Waals surface area contributed by atoms with Crippen LogP contribution >= 0.6 is 0 Å². The fraction of sp³-hybridized carbons (Fsp3) is 1.00. The first kappa shape index (κ1) is 9.88. The summed E-state index contributed by atoms with van der Waals surface area (Å²) in [5, 5.41) is 20.9. The summed E-state index contributed by atoms with van der Waals surface area (Å²) in [4.78, 5) is 0. The molecule has 0 aliphatic heterocycles. The predicted octanol–water partition coefficient (Wildman–Crippen LogP) is 0.0769. The highest BCUT2D eigenvalue weighted by molar-refractivity contribution is 4.71. The molecule has 0 spiro atoms. The molecule has 3 heteroatoms. The van der Waals surface area contributed by atoms with Gasteiger partial charge in [0, 0.05) is 0 Å². The third-order valence-corrected chi connectivity index (χ3v) is 1.55. The van der Waals surface area contributed by atoms with Crippen LogP contribution in [0, 0.1) is 0 Å². The number of hydrogen-bond acceptors (Lipinski definition) is 3. The molecule has 1 atom stereocenters. The van der Waals surface area contributed by atoms with E-state index in [1.54, 1.807) is 0 Å². The smallest absolute Gasteiger partial charge is 0.139 e. The Morgan fingerprint density at radius 2 is 2.00 bits per heavy atom. The molecule has 0 bridgehead atoms. The molecule has 0 saturated heterocycles. The molecule has 0 rings (SSSR count). The molecule has 0 amide bonds. The van der Waals surface area contributed by atoms with Gasteiger partial charge in [-0.25, -0.2) is 0 Å². The van der Waals surface area contributed by atoms with E-state index in [1.165, 1.54) is 0 Å². The van der Waals surface area contributed by atoms with E-state index in [4.69, 9.17) is 5.11 Å². The van der Waals surface area contributed by atoms with Gasteiger partial charge in [-0.2, -0.15) is 0 Å². The SMILES string of the molecule is CCCNC(O)(CC)CO. The minimum absolute atomic E-state index is 0.219. The van der Waals surface area contributed by atoms with Gasteiger partial charge in [0.15, 0.2) is 0 Å². The first-order chi connectivity index (χ1) is 4.68. The molecule has 0 aromatic heterocycles. The maximum absolute atomic E-state index is 9.40. The van der Waals surface area contributed by atoms with Crippen LogP contribution < -0.4 is 5.32 Å². The zero-order valence-corrected chi connectivity index (χ0v) is 6.72. The standard InChI is InChI=1S/C7H17NO2/c1-3-5-8-7(10,4-2)6-9/h8-10H,3-6H2,1-2H3. The quantitative estimate of drug-likeness (QED) is 0.483. The van der Waals surface area contributed by atoms with Crippen LogP contribution in [-0.4, -0.2) is 29.1 Å². The Balaban J connectivity index is 3.58. The molecule has 0 aliphatic carbocycles. The van der Waals surface area contributed by atoms with E-state index in [0.29, 0.717) is 6.42 Å². The summed E-state index contributed by atoms with van der Waals surface area (Å²) < 4.78 is 0. The summed E-state index contributed by atoms with van der Waals surface area (Å²) in [6, 6.07) is 0. The van der Waals surface area contributed by atoms with E-state index in [2.05, 4.69) is 5.32 Å². The van der Waals surface area contributed by atoms with Crippen molar-refractivity contribution in [2.24, 2.45) is 0 Å². The second kappa shape index (κ2) is 4.66. The maximum atomic E-state index is 9.40. The average Bonchev–Trinajstić information content (AvgIpc) is 2.00. The number of nitrogens with one attached hydrogen (secondary N) is 1. The number of hydrogen-bond donors (Lipinski definition) is 3. The van der Waals surface area contributed by atoms with Crippen molar-refractivity contribution in [3.63, 3.8) is 0 Å². The lowest BCUT2D eigenvalue weighted by Crippen LogP contribution is -2.48. The highest BCUT2D eigenvalue weighted by Crippen LogP contribution is 2.02. The second-order valence-corrected chi connectivity index (χ2v) is 2.47. The summed E-state index contributed by atoms with van der Waals surface area (Å²) in [5.74, 6) is 0. The van der Waals surface area contributed by atoms with Crippen LogP contribution in [0.1, 0.15) is 26.7 Å². The topological polar surface area (TPSA) is 52.5 Å². The van der Waals surface area contributed by atoms with Crippen molar-refractivity contribution in [1.29, 1.82) is 0 Å². The van der Waals surface area contributed by atoms with E-state index in [-0.39, 0.29) is 6.61 Å². The third-order valence-electron chi connectivity index (χ3n) is 1.55. The van der Waals surface area contributed by atoms with E-state index >= 15 is 0 Å². The molecule has 0 heterocycles. The normalized spacial score (nSPS) is 16.8. The van der Waals surface area contributed by atoms with Crippen molar-refractivity contribution < 1.29 is 10.2 Å². The maximum Gasteiger partial charge on any atom is 0.139 e. The van der Waals surface area contributed by atoms with Gasteiger partial charge in [-0.1, -0.05) is 13.8 Å². The molecule has 0 saturated carbocycles. The molecule has 62 valence electrons. The van der Waals surface area contributed by atoms with E-state index in [9.17, 15) is 5.11 Å². The molecular weight excluding hydrogens is 130 g/mol. The molecule has 0 aromatic carbocycles. The Morgan fingerprint density at radius 1 is 1.40 bits per heavy atom. The van der Waals surface area contributed by atoms with Crippen LogP contribution in [-0.2, 0) is 0 Å². The van der Waals surface area contributed by atoms with E-state index in [1.807, 2.05) is 13.8 Å². The Kier molecular flexibility index (Phi) is 4.60. The van der Waals surface area contributed by atoms with Crippen LogP contribution in [0.25, 0.3) is 0 Å². The van der Waals surface area contributed by atoms with Gasteiger partial charge in [0.2, 0.25) is 0 Å². The minimum atomic E-state index is -1.06. The number of rotatable bonds is 5. The van der Waals surface area contributed by atoms with Gasteiger partial charge in [-0.3, -0.25) is 5.32 Å². The van der Waals surface area contributed by atoms with E-state index in [0.717, 1.165) is 13.0 Å². The van der Waals surface area contributed by atoms with Crippen molar-refractivity contribution in [2.45, 2.75) is 32.4 Å². The number of aliphatic hydroxyl groups is 2. The minimum Gasteiger partial charge on any atom is -0.392 e. The van der Waals surface area contributed by atoms with E-state index < -0.39 is 5.72 Å². The molecule has 0 radical (unpaired) electrons. The Bertz CT molecular complexity index is 81.7. The van der Waals surface area contributed by atoms with Gasteiger partial charge < -0.3 is 10.2 Å². The van der Waals surface area contributed by atoms with Gasteiger partial charge in [0.1, 0.15) is 5.72 Å². The molecule has 10 heavy (non-hydrogen) atoms. The Labute approximate surface area is 62.1 Å². The fourth-order valence-electron chi connectivity index (χ4n) is 0.650. The Hall–Kier alpha value is -0.120. The third kappa shape index (κ3) is 3.15. The Morgan fingerprint density at radius 3 is 2.30 bits per heavy atom. The highest BCUT2D eigenvalue weighted by Gasteiger charge is 2.21. The number of aliphatic hydroxyl groups excluding tert-OH is 1. The molecule has 0 aromatic rings. The molecule has 0 aliphatic rings. The first-order valence-electron chi connectivity index (χ1n) is 3.76. The average molecular weight is 147 g/mol. The van der Waals surface area contributed by atoms with Gasteiger partial charge >= 0.3 is 0 Å². The second-order valence-electron chi connectivity index (χ2n) is 2.47. The van der Waals surface area contributed by atoms with Crippen LogP contribution in [0.3, 0.4) is 0 Å². The van der Waals surface area contributed by atoms with Crippen molar-refractivity contribution in [3.05, 3.63) is 0 Å². The fourth-order valence-corrected chi connectivity index (χ4v) is 0.650. The zero-order chi connectivity index (χ0) is 8.04. The largest absolute Gasteiger partial charge is 0.392 e. The van der Waals surface area contributed by atoms with Gasteiger partial charge in [-0.05, 0) is 19.4 Å². The summed E-state index contributed by atoms with van der Waals surface area (Å²) in [5.41, 5.74) is -1.06. The van der Waals surface area contributed by atoms with Gasteiger partial charge in [-0.15, -0.1) is 0 Å². The van der Waals surface area contributed by atoms with Crippen molar-refractivity contribution in [2.75, 3.05) is 13.2 Å². The molecule has 0 fully saturated rings. The molecule has 3 N–H and O–H groups in total. The molecule has 1 unspecified atom stereocenters. The predicted molar refractivity (Wildman–Crippen MR) is 40.6 cm³/mol. The van der Waals surface area contributed by atoms with Crippen LogP contribution in [0.2, 0.25) is 0 Å². The summed E-state index contributed by atoms with van der Waals surface area (Å²) >= 11 is 0. The first-order valence-corrected chi connectivity index (χ1v) is 3.76. The van der Waals surface area contributed by atoms with Crippen LogP contribution in [0.5, 0.6) is 0 Å². The monoisotopic (exact) mass is 147 g/mol. The van der Waals surface area contributed by atoms with Gasteiger partial charge in [0.25, 0.3) is 0 Å². The van der Waals surface area contributed by atoms with Crippen molar-refractivity contribution in [1.82, 2.24) is 5.32 Å². The van der Waals surface area contributed by atoms with Crippen LogP contribution in [0.15, 0.2) is 0 Å². The van der Waals surface area contributed by atoms with Crippen molar-refractivity contribution in [3.8, 4) is 0 Å². The van der Waals surface area contributed by atoms with Crippen LogP contribution in [0.4, 0.5) is 0 Å². The lowest BCUT2D eigenvalue weighted by Gasteiger charge is -2.25. The molecule has 3 nitrogen and oxygen atoms in total. The molecular formula is C7H17NO2. The zero-order valence-electron chi connectivity index (χ0n) is 6.72. The summed E-state index contributed by atoms with van der Waals surface area (Å²) in [7, 11) is 0. The highest BCUT2D eigenvalue weighted by atomic mass is 16.3. The summed E-state index contributed by atoms with van der Waals surface area (Å²) in [6.45, 7) is 4.37. The van der Waals surface area contributed by atoms with Crippen molar-refractivity contribution >= 4 is 0 Å². The van der Waals surface area contributed by atoms with Gasteiger partial charge in [0.05, 0.1) is 6.61 Å². The lowest BCUT2D eigenvalue weighted by molar-refractivity contribution is -0.0453.